The molecule has 0 atom stereocenters. The normalized spacial score (nSPS) is 13.6. The molecule has 0 aliphatic heterocycles. The molecule has 0 radical (unpaired) electrons. The van der Waals surface area contributed by atoms with E-state index < -0.39 is 15.9 Å². The van der Waals surface area contributed by atoms with Gasteiger partial charge < -0.3 is 9.47 Å². The van der Waals surface area contributed by atoms with Crippen molar-refractivity contribution in [3.63, 3.8) is 0 Å². The van der Waals surface area contributed by atoms with Crippen LogP contribution in [0.15, 0.2) is 41.3 Å². The largest absolute Gasteiger partial charge is 0.497 e. The van der Waals surface area contributed by atoms with Gasteiger partial charge in [0.15, 0.2) is 0 Å². The standard InChI is InChI=1S/C19H22N2O5S/c1-25-16-9-15(10-17(12-16)26-2)19(22)20-21-27(23,24)18-8-7-13-5-3-4-6-14(13)11-18/h7-12,21H,3-6H2,1-2H3,(H,20,22). The van der Waals surface area contributed by atoms with Gasteiger partial charge in [0.1, 0.15) is 11.5 Å². The van der Waals surface area contributed by atoms with Gasteiger partial charge in [-0.05, 0) is 61.1 Å². The fourth-order valence-electron chi connectivity index (χ4n) is 3.06. The van der Waals surface area contributed by atoms with Crippen molar-refractivity contribution in [1.82, 2.24) is 10.3 Å². The fourth-order valence-corrected chi connectivity index (χ4v) is 3.95. The van der Waals surface area contributed by atoms with E-state index in [9.17, 15) is 13.2 Å². The zero-order valence-electron chi connectivity index (χ0n) is 15.2. The van der Waals surface area contributed by atoms with Crippen LogP contribution in [0.25, 0.3) is 0 Å². The molecule has 0 aromatic heterocycles. The molecule has 1 aliphatic carbocycles. The number of sulfonamides is 1. The van der Waals surface area contributed by atoms with Crippen LogP contribution in [0.5, 0.6) is 11.5 Å². The van der Waals surface area contributed by atoms with E-state index in [2.05, 4.69) is 10.3 Å². The summed E-state index contributed by atoms with van der Waals surface area (Å²) < 4.78 is 35.3. The molecule has 0 saturated heterocycles. The molecule has 7 nitrogen and oxygen atoms in total. The lowest BCUT2D eigenvalue weighted by molar-refractivity contribution is 0.0944. The summed E-state index contributed by atoms with van der Waals surface area (Å²) in [7, 11) is -0.938. The molecule has 0 saturated carbocycles. The highest BCUT2D eigenvalue weighted by atomic mass is 32.2. The van der Waals surface area contributed by atoms with Crippen LogP contribution in [-0.2, 0) is 22.9 Å². The number of fused-ring (bicyclic) bond motifs is 1. The number of carbonyl (C=O) groups is 1. The van der Waals surface area contributed by atoms with Gasteiger partial charge in [0, 0.05) is 11.6 Å². The zero-order chi connectivity index (χ0) is 19.4. The Labute approximate surface area is 158 Å². The first-order chi connectivity index (χ1) is 12.9. The number of ether oxygens (including phenoxy) is 2. The molecule has 1 amide bonds. The van der Waals surface area contributed by atoms with Crippen LogP contribution in [-0.4, -0.2) is 28.5 Å². The molecule has 0 fully saturated rings. The maximum Gasteiger partial charge on any atom is 0.266 e. The summed E-state index contributed by atoms with van der Waals surface area (Å²) in [6, 6.07) is 9.69. The first-order valence-electron chi connectivity index (χ1n) is 8.60. The molecule has 0 bridgehead atoms. The molecule has 144 valence electrons. The first kappa shape index (κ1) is 19.2. The molecule has 0 spiro atoms. The molecular weight excluding hydrogens is 368 g/mol. The van der Waals surface area contributed by atoms with Gasteiger partial charge in [0.25, 0.3) is 15.9 Å². The lowest BCUT2D eigenvalue weighted by Gasteiger charge is -2.17. The first-order valence-corrected chi connectivity index (χ1v) is 10.1. The van der Waals surface area contributed by atoms with Crippen molar-refractivity contribution in [2.24, 2.45) is 0 Å². The Morgan fingerprint density at radius 1 is 0.926 bits per heavy atom. The summed E-state index contributed by atoms with van der Waals surface area (Å²) in [6.07, 6.45) is 4.02. The molecular formula is C19H22N2O5S. The summed E-state index contributed by atoms with van der Waals surface area (Å²) >= 11 is 0. The van der Waals surface area contributed by atoms with Crippen molar-refractivity contribution in [3.05, 3.63) is 53.1 Å². The van der Waals surface area contributed by atoms with Crippen molar-refractivity contribution in [1.29, 1.82) is 0 Å². The number of methoxy groups -OCH3 is 2. The van der Waals surface area contributed by atoms with E-state index in [4.69, 9.17) is 9.47 Å². The Morgan fingerprint density at radius 2 is 1.56 bits per heavy atom. The van der Waals surface area contributed by atoms with Crippen LogP contribution in [0, 0.1) is 0 Å². The molecule has 2 aromatic carbocycles. The van der Waals surface area contributed by atoms with Gasteiger partial charge in [0.05, 0.1) is 19.1 Å². The van der Waals surface area contributed by atoms with Gasteiger partial charge in [0.2, 0.25) is 0 Å². The second-order valence-electron chi connectivity index (χ2n) is 6.30. The minimum absolute atomic E-state index is 0.131. The number of nitrogens with one attached hydrogen (secondary N) is 2. The number of hydrogen-bond acceptors (Lipinski definition) is 5. The van der Waals surface area contributed by atoms with E-state index in [0.29, 0.717) is 11.5 Å². The van der Waals surface area contributed by atoms with Crippen LogP contribution >= 0.6 is 0 Å². The van der Waals surface area contributed by atoms with Gasteiger partial charge >= 0.3 is 0 Å². The van der Waals surface area contributed by atoms with E-state index in [-0.39, 0.29) is 10.5 Å². The maximum absolute atomic E-state index is 12.5. The summed E-state index contributed by atoms with van der Waals surface area (Å²) in [5, 5.41) is 0. The number of amides is 1. The molecule has 1 aliphatic rings. The van der Waals surface area contributed by atoms with Crippen molar-refractivity contribution in [3.8, 4) is 11.5 Å². The third-order valence-electron chi connectivity index (χ3n) is 4.54. The van der Waals surface area contributed by atoms with Crippen LogP contribution in [0.3, 0.4) is 0 Å². The predicted molar refractivity (Wildman–Crippen MR) is 100 cm³/mol. The average Bonchev–Trinajstić information content (AvgIpc) is 2.71. The smallest absolute Gasteiger partial charge is 0.266 e. The minimum Gasteiger partial charge on any atom is -0.497 e. The van der Waals surface area contributed by atoms with E-state index in [1.165, 1.54) is 31.9 Å². The lowest BCUT2D eigenvalue weighted by atomic mass is 9.92. The Kier molecular flexibility index (Phi) is 5.67. The van der Waals surface area contributed by atoms with Crippen molar-refractivity contribution < 1.29 is 22.7 Å². The third kappa shape index (κ3) is 4.40. The van der Waals surface area contributed by atoms with Gasteiger partial charge in [-0.15, -0.1) is 4.83 Å². The highest BCUT2D eigenvalue weighted by Gasteiger charge is 2.19. The number of carbonyl (C=O) groups excluding carboxylic acids is 1. The summed E-state index contributed by atoms with van der Waals surface area (Å²) in [6.45, 7) is 0. The monoisotopic (exact) mass is 390 g/mol. The fraction of sp³-hybridized carbons (Fsp3) is 0.316. The van der Waals surface area contributed by atoms with Crippen molar-refractivity contribution in [2.45, 2.75) is 30.6 Å². The van der Waals surface area contributed by atoms with E-state index in [0.717, 1.165) is 31.2 Å². The summed E-state index contributed by atoms with van der Waals surface area (Å²) in [5.74, 6) is 0.239. The second-order valence-corrected chi connectivity index (χ2v) is 7.98. The number of hydrogen-bond donors (Lipinski definition) is 2. The lowest BCUT2D eigenvalue weighted by Crippen LogP contribution is -2.41. The third-order valence-corrected chi connectivity index (χ3v) is 5.79. The Morgan fingerprint density at radius 3 is 2.19 bits per heavy atom. The van der Waals surface area contributed by atoms with Gasteiger partial charge in [-0.1, -0.05) is 6.07 Å². The number of benzene rings is 2. The molecule has 3 rings (SSSR count). The van der Waals surface area contributed by atoms with Gasteiger partial charge in [-0.2, -0.15) is 0 Å². The minimum atomic E-state index is -3.87. The second kappa shape index (κ2) is 7.98. The topological polar surface area (TPSA) is 93.7 Å². The predicted octanol–water partition coefficient (Wildman–Crippen LogP) is 2.21. The Bertz CT molecular complexity index is 934. The average molecular weight is 390 g/mol. The Balaban J connectivity index is 1.74. The van der Waals surface area contributed by atoms with Crippen molar-refractivity contribution >= 4 is 15.9 Å². The molecule has 0 heterocycles. The molecule has 8 heteroatoms. The zero-order valence-corrected chi connectivity index (χ0v) is 16.1. The van der Waals surface area contributed by atoms with Gasteiger partial charge in [-0.3, -0.25) is 10.2 Å². The van der Waals surface area contributed by atoms with E-state index >= 15 is 0 Å². The van der Waals surface area contributed by atoms with Crippen LogP contribution in [0.2, 0.25) is 0 Å². The quantitative estimate of drug-likeness (QED) is 0.738. The van der Waals surface area contributed by atoms with Gasteiger partial charge in [-0.25, -0.2) is 8.42 Å². The van der Waals surface area contributed by atoms with E-state index in [1.807, 2.05) is 6.07 Å². The number of rotatable bonds is 6. The maximum atomic E-state index is 12.5. The SMILES string of the molecule is COc1cc(OC)cc(C(=O)NNS(=O)(=O)c2ccc3c(c2)CCCC3)c1. The summed E-state index contributed by atoms with van der Waals surface area (Å²) in [5.41, 5.74) is 4.68. The highest BCUT2D eigenvalue weighted by molar-refractivity contribution is 7.89. The number of aryl methyl sites for hydroxylation is 2. The molecule has 0 unspecified atom stereocenters. The molecule has 2 N–H and O–H groups in total. The summed E-state index contributed by atoms with van der Waals surface area (Å²) in [4.78, 5) is 14.6. The van der Waals surface area contributed by atoms with Crippen LogP contribution in [0.4, 0.5) is 0 Å². The van der Waals surface area contributed by atoms with Crippen LogP contribution < -0.4 is 19.7 Å². The van der Waals surface area contributed by atoms with Crippen molar-refractivity contribution in [2.75, 3.05) is 14.2 Å². The Hall–Kier alpha value is -2.58. The van der Waals surface area contributed by atoms with E-state index in [1.54, 1.807) is 18.2 Å². The molecule has 2 aromatic rings. The highest BCUT2D eigenvalue weighted by Crippen LogP contribution is 2.24. The van der Waals surface area contributed by atoms with Crippen LogP contribution in [0.1, 0.15) is 34.3 Å². The number of hydrazine groups is 1. The molecule has 27 heavy (non-hydrogen) atoms.